The Bertz CT molecular complexity index is 945. The first-order valence-electron chi connectivity index (χ1n) is 27.3. The first-order valence-corrected chi connectivity index (χ1v) is 28.6. The van der Waals surface area contributed by atoms with E-state index in [1.165, 1.54) is 103 Å². The molecule has 0 aromatic carbocycles. The van der Waals surface area contributed by atoms with Gasteiger partial charge in [0.1, 0.15) is 0 Å². The lowest BCUT2D eigenvalue weighted by atomic mass is 10.1. The number of hydrogen-bond acceptors (Lipinski definition) is 8. The summed E-state index contributed by atoms with van der Waals surface area (Å²) in [5.74, 6) is -1.81. The van der Waals surface area contributed by atoms with E-state index in [9.17, 15) is 4.79 Å². The second-order valence-electron chi connectivity index (χ2n) is 18.2. The van der Waals surface area contributed by atoms with Crippen molar-refractivity contribution in [2.24, 2.45) is 0 Å². The minimum atomic E-state index is -2.89. The van der Waals surface area contributed by atoms with Crippen LogP contribution in [0.4, 0.5) is 0 Å². The molecule has 0 aliphatic heterocycles. The van der Waals surface area contributed by atoms with Gasteiger partial charge in [-0.25, -0.2) is 4.79 Å². The largest absolute Gasteiger partial charge is 0.488 e. The van der Waals surface area contributed by atoms with Crippen LogP contribution in [0.25, 0.3) is 0 Å². The van der Waals surface area contributed by atoms with Crippen molar-refractivity contribution in [1.82, 2.24) is 0 Å². The van der Waals surface area contributed by atoms with Crippen molar-refractivity contribution in [3.8, 4) is 0 Å². The minimum absolute atomic E-state index is 0.257. The average Bonchev–Trinajstić information content (AvgIpc) is 3.29. The highest BCUT2D eigenvalue weighted by Gasteiger charge is 2.71. The van der Waals surface area contributed by atoms with Crippen molar-refractivity contribution in [2.75, 3.05) is 39.6 Å². The van der Waals surface area contributed by atoms with Crippen molar-refractivity contribution < 1.29 is 37.8 Å². The lowest BCUT2D eigenvalue weighted by Crippen LogP contribution is -2.63. The van der Waals surface area contributed by atoms with E-state index >= 15 is 4.57 Å². The van der Waals surface area contributed by atoms with Gasteiger partial charge in [-0.05, 0) is 38.5 Å². The SMILES string of the molecule is C=CC(=O)[P+](=O)C(OCCCCCCCC)(OCCCCCCCC)C(OCCCCCCCC)C(OCCCCCCCC)(OCCCCCCCC)OCCCCCCCC. The highest BCUT2D eigenvalue weighted by Crippen LogP contribution is 2.51. The fourth-order valence-corrected chi connectivity index (χ4v) is 9.35. The lowest BCUT2D eigenvalue weighted by Gasteiger charge is -2.43. The molecule has 2 unspecified atom stereocenters. The minimum Gasteiger partial charge on any atom is -0.361 e. The van der Waals surface area contributed by atoms with Crippen LogP contribution in [0.1, 0.15) is 273 Å². The van der Waals surface area contributed by atoms with Crippen LogP contribution < -0.4 is 0 Å². The summed E-state index contributed by atoms with van der Waals surface area (Å²) in [5, 5.41) is 0. The molecule has 63 heavy (non-hydrogen) atoms. The van der Waals surface area contributed by atoms with Crippen LogP contribution >= 0.6 is 7.80 Å². The zero-order chi connectivity index (χ0) is 46.4. The van der Waals surface area contributed by atoms with Gasteiger partial charge in [-0.15, -0.1) is 0 Å². The molecule has 0 bridgehead atoms. The third kappa shape index (κ3) is 31.8. The number of rotatable bonds is 53. The van der Waals surface area contributed by atoms with Gasteiger partial charge in [-0.3, -0.25) is 0 Å². The molecule has 0 rings (SSSR count). The maximum Gasteiger partial charge on any atom is 0.488 e. The second kappa shape index (κ2) is 46.4. The molecule has 0 aliphatic carbocycles. The van der Waals surface area contributed by atoms with Crippen molar-refractivity contribution in [3.05, 3.63) is 12.7 Å². The average molecular weight is 914 g/mol. The van der Waals surface area contributed by atoms with Gasteiger partial charge in [0, 0.05) is 12.7 Å². The Morgan fingerprint density at radius 1 is 0.397 bits per heavy atom. The quantitative estimate of drug-likeness (QED) is 0.0258. The van der Waals surface area contributed by atoms with Gasteiger partial charge in [-0.2, -0.15) is 0 Å². The van der Waals surface area contributed by atoms with Gasteiger partial charge >= 0.3 is 24.8 Å². The van der Waals surface area contributed by atoms with Crippen LogP contribution in [-0.4, -0.2) is 62.8 Å². The van der Waals surface area contributed by atoms with Crippen LogP contribution in [0.15, 0.2) is 12.7 Å². The summed E-state index contributed by atoms with van der Waals surface area (Å²) in [6, 6.07) is 0. The molecule has 0 heterocycles. The number of allylic oxidation sites excluding steroid dienone is 1. The zero-order valence-corrected chi connectivity index (χ0v) is 43.7. The molecule has 0 saturated carbocycles. The number of unbranched alkanes of at least 4 members (excludes halogenated alkanes) is 30. The van der Waals surface area contributed by atoms with Crippen molar-refractivity contribution in [2.45, 2.75) is 290 Å². The molecular formula is C54H106O8P+. The fraction of sp³-hybridized carbons (Fsp3) is 0.944. The Morgan fingerprint density at radius 3 is 0.905 bits per heavy atom. The van der Waals surface area contributed by atoms with Crippen LogP contribution in [0.2, 0.25) is 0 Å². The Kier molecular flexibility index (Phi) is 45.8. The predicted octanol–water partition coefficient (Wildman–Crippen LogP) is 17.5. The first kappa shape index (κ1) is 62.3. The number of hydrogen-bond donors (Lipinski definition) is 0. The van der Waals surface area contributed by atoms with Gasteiger partial charge < -0.3 is 28.4 Å². The number of carbonyl (C=O) groups excluding carboxylic acids is 1. The Labute approximate surface area is 392 Å². The summed E-state index contributed by atoms with van der Waals surface area (Å²) in [4.78, 5) is 13.9. The third-order valence-electron chi connectivity index (χ3n) is 12.1. The van der Waals surface area contributed by atoms with E-state index < -0.39 is 30.9 Å². The molecule has 2 atom stereocenters. The van der Waals surface area contributed by atoms with E-state index in [1.54, 1.807) is 0 Å². The molecule has 0 spiro atoms. The molecule has 0 amide bonds. The fourth-order valence-electron chi connectivity index (χ4n) is 8.01. The maximum atomic E-state index is 15.2. The van der Waals surface area contributed by atoms with Gasteiger partial charge in [0.2, 0.25) is 6.10 Å². The zero-order valence-electron chi connectivity index (χ0n) is 42.8. The highest BCUT2D eigenvalue weighted by atomic mass is 31.1. The molecule has 0 aromatic heterocycles. The molecule has 0 fully saturated rings. The smallest absolute Gasteiger partial charge is 0.361 e. The van der Waals surface area contributed by atoms with Gasteiger partial charge in [0.15, 0.2) is 0 Å². The topological polar surface area (TPSA) is 89.5 Å². The monoisotopic (exact) mass is 914 g/mol. The molecule has 0 radical (unpaired) electrons. The molecule has 0 aromatic rings. The summed E-state index contributed by atoms with van der Waals surface area (Å²) >= 11 is 0. The molecule has 0 N–H and O–H groups in total. The molecule has 374 valence electrons. The van der Waals surface area contributed by atoms with E-state index in [0.717, 1.165) is 134 Å². The van der Waals surface area contributed by atoms with E-state index in [2.05, 4.69) is 48.1 Å². The van der Waals surface area contributed by atoms with Gasteiger partial charge in [-0.1, -0.05) is 245 Å². The third-order valence-corrected chi connectivity index (χ3v) is 13.8. The predicted molar refractivity (Wildman–Crippen MR) is 268 cm³/mol. The summed E-state index contributed by atoms with van der Waals surface area (Å²) < 4.78 is 57.1. The Hall–Kier alpha value is -0.730. The van der Waals surface area contributed by atoms with E-state index in [0.29, 0.717) is 26.4 Å². The first-order chi connectivity index (χ1) is 30.9. The second-order valence-corrected chi connectivity index (χ2v) is 19.8. The van der Waals surface area contributed by atoms with E-state index in [4.69, 9.17) is 28.4 Å². The normalized spacial score (nSPS) is 12.9. The summed E-state index contributed by atoms with van der Waals surface area (Å²) in [6.07, 6.45) is 38.8. The van der Waals surface area contributed by atoms with Crippen molar-refractivity contribution in [1.29, 1.82) is 0 Å². The molecule has 0 saturated heterocycles. The standard InChI is InChI=1S/C54H106O8P/c1-8-15-21-27-33-39-45-57-52(54(63(56)51(55)14-7,61-49-43-37-31-25-19-12-5)62-50-44-38-32-26-20-13-6)53(58-46-40-34-28-22-16-9-2,59-47-41-35-29-23-17-10-3)60-48-42-36-30-24-18-11-4/h14,52H,7-13,15-50H2,1-6H3/q+1. The van der Waals surface area contributed by atoms with Gasteiger partial charge in [0.05, 0.1) is 33.0 Å². The molecule has 0 aliphatic rings. The van der Waals surface area contributed by atoms with Crippen LogP contribution in [0.5, 0.6) is 0 Å². The summed E-state index contributed by atoms with van der Waals surface area (Å²) in [6.45, 7) is 19.2. The van der Waals surface area contributed by atoms with Gasteiger partial charge in [0.25, 0.3) is 0 Å². The Morgan fingerprint density at radius 2 is 0.635 bits per heavy atom. The molecule has 9 heteroatoms. The lowest BCUT2D eigenvalue weighted by molar-refractivity contribution is -0.447. The number of ether oxygens (including phenoxy) is 6. The molecule has 8 nitrogen and oxygen atoms in total. The van der Waals surface area contributed by atoms with Crippen LogP contribution in [0, 0.1) is 0 Å². The van der Waals surface area contributed by atoms with E-state index in [1.807, 2.05) is 0 Å². The van der Waals surface area contributed by atoms with Crippen LogP contribution in [-0.2, 0) is 37.8 Å². The van der Waals surface area contributed by atoms with Crippen LogP contribution in [0.3, 0.4) is 0 Å². The summed E-state index contributed by atoms with van der Waals surface area (Å²) in [7, 11) is -2.89. The van der Waals surface area contributed by atoms with Crippen molar-refractivity contribution in [3.63, 3.8) is 0 Å². The number of carbonyl (C=O) groups is 1. The Balaban J connectivity index is 7.46. The van der Waals surface area contributed by atoms with E-state index in [-0.39, 0.29) is 13.2 Å². The summed E-state index contributed by atoms with van der Waals surface area (Å²) in [5.41, 5.74) is -2.64. The maximum absolute atomic E-state index is 15.2. The highest BCUT2D eigenvalue weighted by molar-refractivity contribution is 7.65. The van der Waals surface area contributed by atoms with Crippen molar-refractivity contribution >= 4 is 13.3 Å². The molecular weight excluding hydrogens is 808 g/mol.